The van der Waals surface area contributed by atoms with Crippen LogP contribution in [0.4, 0.5) is 19.0 Å². The number of amides is 1. The van der Waals surface area contributed by atoms with Crippen LogP contribution in [0, 0.1) is 6.92 Å². The molecule has 1 amide bonds. The molecule has 1 unspecified atom stereocenters. The molecule has 4 rings (SSSR count). The number of anilines is 1. The van der Waals surface area contributed by atoms with Crippen molar-refractivity contribution in [1.29, 1.82) is 0 Å². The minimum absolute atomic E-state index is 0.0552. The van der Waals surface area contributed by atoms with E-state index in [1.165, 1.54) is 12.4 Å². The topological polar surface area (TPSA) is 75.9 Å². The van der Waals surface area contributed by atoms with Gasteiger partial charge in [-0.1, -0.05) is 6.92 Å². The third-order valence-corrected chi connectivity index (χ3v) is 5.89. The zero-order valence-electron chi connectivity index (χ0n) is 17.0. The summed E-state index contributed by atoms with van der Waals surface area (Å²) in [7, 11) is 0. The van der Waals surface area contributed by atoms with Gasteiger partial charge in [0.05, 0.1) is 23.6 Å². The Balaban J connectivity index is 1.66. The van der Waals surface area contributed by atoms with Crippen molar-refractivity contribution in [2.24, 2.45) is 0 Å². The third-order valence-electron chi connectivity index (χ3n) is 5.89. The highest BCUT2D eigenvalue weighted by molar-refractivity contribution is 5.92. The van der Waals surface area contributed by atoms with Crippen molar-refractivity contribution in [2.75, 3.05) is 11.9 Å². The lowest BCUT2D eigenvalue weighted by atomic mass is 9.98. The number of likely N-dealkylation sites (tertiary alicyclic amines) is 1. The molecule has 10 heteroatoms. The highest BCUT2D eigenvalue weighted by atomic mass is 19.4. The van der Waals surface area contributed by atoms with Crippen LogP contribution in [-0.4, -0.2) is 49.3 Å². The van der Waals surface area contributed by atoms with E-state index in [0.29, 0.717) is 36.6 Å². The molecule has 2 aliphatic heterocycles. The van der Waals surface area contributed by atoms with E-state index in [4.69, 9.17) is 0 Å². The Morgan fingerprint density at radius 2 is 2.07 bits per heavy atom. The standard InChI is InChI=1S/C20H25F3N6O/c1-3-13-8-17(20(21,22)23)29-18(26-13)9-14(27-29)16-6-4-5-7-28(16)19(30)15-11-24-12(2)10-25-15/h9-11,13,16-17,26H,3-8H2,1-2H3/t13-,16?,17-/m1/s1. The summed E-state index contributed by atoms with van der Waals surface area (Å²) in [5.41, 5.74) is 1.42. The summed E-state index contributed by atoms with van der Waals surface area (Å²) in [6.07, 6.45) is 1.48. The van der Waals surface area contributed by atoms with Crippen molar-refractivity contribution in [1.82, 2.24) is 24.6 Å². The number of nitrogens with one attached hydrogen (secondary N) is 1. The molecule has 0 spiro atoms. The van der Waals surface area contributed by atoms with Crippen molar-refractivity contribution in [3.8, 4) is 0 Å². The molecule has 7 nitrogen and oxygen atoms in total. The Labute approximate surface area is 172 Å². The van der Waals surface area contributed by atoms with Crippen LogP contribution in [0.1, 0.15) is 73.0 Å². The van der Waals surface area contributed by atoms with E-state index < -0.39 is 12.2 Å². The van der Waals surface area contributed by atoms with E-state index in [-0.39, 0.29) is 30.1 Å². The fraction of sp³-hybridized carbons (Fsp3) is 0.600. The molecular weight excluding hydrogens is 397 g/mol. The maximum absolute atomic E-state index is 13.7. The zero-order chi connectivity index (χ0) is 21.5. The average molecular weight is 422 g/mol. The molecule has 0 aromatic carbocycles. The largest absolute Gasteiger partial charge is 0.410 e. The Kier molecular flexibility index (Phi) is 5.42. The van der Waals surface area contributed by atoms with Gasteiger partial charge in [0.1, 0.15) is 11.5 Å². The monoisotopic (exact) mass is 422 g/mol. The molecule has 0 radical (unpaired) electrons. The van der Waals surface area contributed by atoms with Gasteiger partial charge in [-0.2, -0.15) is 18.3 Å². The van der Waals surface area contributed by atoms with Crippen molar-refractivity contribution in [3.05, 3.63) is 35.5 Å². The summed E-state index contributed by atoms with van der Waals surface area (Å²) in [5.74, 6) is 0.0865. The fourth-order valence-corrected chi connectivity index (χ4v) is 4.23. The first-order valence-electron chi connectivity index (χ1n) is 10.3. The maximum Gasteiger partial charge on any atom is 0.410 e. The van der Waals surface area contributed by atoms with Gasteiger partial charge in [-0.3, -0.25) is 9.78 Å². The molecule has 2 aliphatic rings. The van der Waals surface area contributed by atoms with Crippen LogP contribution in [0.25, 0.3) is 0 Å². The summed E-state index contributed by atoms with van der Waals surface area (Å²) in [5, 5.41) is 7.50. The Morgan fingerprint density at radius 3 is 2.73 bits per heavy atom. The van der Waals surface area contributed by atoms with Crippen LogP contribution >= 0.6 is 0 Å². The van der Waals surface area contributed by atoms with E-state index >= 15 is 0 Å². The van der Waals surface area contributed by atoms with Gasteiger partial charge in [0.25, 0.3) is 5.91 Å². The minimum Gasteiger partial charge on any atom is -0.367 e. The first-order valence-corrected chi connectivity index (χ1v) is 10.3. The number of piperidine rings is 1. The van der Waals surface area contributed by atoms with Crippen LogP contribution < -0.4 is 5.32 Å². The lowest BCUT2D eigenvalue weighted by Crippen LogP contribution is -2.40. The van der Waals surface area contributed by atoms with Crippen molar-refractivity contribution >= 4 is 11.7 Å². The van der Waals surface area contributed by atoms with Crippen LogP contribution in [-0.2, 0) is 0 Å². The molecule has 3 atom stereocenters. The summed E-state index contributed by atoms with van der Waals surface area (Å²) >= 11 is 0. The normalized spacial score (nSPS) is 24.3. The maximum atomic E-state index is 13.7. The summed E-state index contributed by atoms with van der Waals surface area (Å²) in [4.78, 5) is 23.0. The lowest BCUT2D eigenvalue weighted by Gasteiger charge is -2.34. The first-order chi connectivity index (χ1) is 14.3. The van der Waals surface area contributed by atoms with E-state index in [9.17, 15) is 18.0 Å². The van der Waals surface area contributed by atoms with Gasteiger partial charge >= 0.3 is 6.18 Å². The van der Waals surface area contributed by atoms with Gasteiger partial charge in [-0.15, -0.1) is 0 Å². The number of fused-ring (bicyclic) bond motifs is 1. The van der Waals surface area contributed by atoms with Gasteiger partial charge in [0, 0.05) is 24.8 Å². The smallest absolute Gasteiger partial charge is 0.367 e. The molecule has 1 N–H and O–H groups in total. The van der Waals surface area contributed by atoms with Gasteiger partial charge in [0.15, 0.2) is 6.04 Å². The average Bonchev–Trinajstić information content (AvgIpc) is 3.16. The van der Waals surface area contributed by atoms with Gasteiger partial charge < -0.3 is 10.2 Å². The van der Waals surface area contributed by atoms with Crippen LogP contribution in [0.2, 0.25) is 0 Å². The zero-order valence-corrected chi connectivity index (χ0v) is 17.0. The molecule has 2 aromatic heterocycles. The SMILES string of the molecule is CC[C@@H]1C[C@H](C(F)(F)F)n2nc(C3CCCCN3C(=O)c3cnc(C)cn3)cc2N1. The molecule has 30 heavy (non-hydrogen) atoms. The second kappa shape index (κ2) is 7.88. The fourth-order valence-electron chi connectivity index (χ4n) is 4.23. The van der Waals surface area contributed by atoms with E-state index in [1.807, 2.05) is 6.92 Å². The lowest BCUT2D eigenvalue weighted by molar-refractivity contribution is -0.173. The third kappa shape index (κ3) is 3.87. The molecule has 2 aromatic rings. The first kappa shape index (κ1) is 20.6. The molecule has 162 valence electrons. The number of carbonyl (C=O) groups is 1. The van der Waals surface area contributed by atoms with Gasteiger partial charge in [-0.05, 0) is 39.0 Å². The second-order valence-electron chi connectivity index (χ2n) is 7.99. The van der Waals surface area contributed by atoms with Crippen LogP contribution in [0.15, 0.2) is 18.5 Å². The molecule has 1 fully saturated rings. The molecule has 0 saturated carbocycles. The number of rotatable bonds is 3. The molecule has 1 saturated heterocycles. The number of hydrogen-bond acceptors (Lipinski definition) is 5. The summed E-state index contributed by atoms with van der Waals surface area (Å²) in [6.45, 7) is 4.16. The molecule has 0 bridgehead atoms. The number of nitrogens with zero attached hydrogens (tertiary/aromatic N) is 5. The van der Waals surface area contributed by atoms with Gasteiger partial charge in [0.2, 0.25) is 0 Å². The van der Waals surface area contributed by atoms with Crippen molar-refractivity contribution < 1.29 is 18.0 Å². The summed E-state index contributed by atoms with van der Waals surface area (Å²) < 4.78 is 42.1. The summed E-state index contributed by atoms with van der Waals surface area (Å²) in [6, 6.07) is -0.649. The van der Waals surface area contributed by atoms with Crippen molar-refractivity contribution in [3.63, 3.8) is 0 Å². The molecular formula is C20H25F3N6O. The number of carbonyl (C=O) groups excluding carboxylic acids is 1. The predicted molar refractivity (Wildman–Crippen MR) is 104 cm³/mol. The number of aryl methyl sites for hydroxylation is 1. The van der Waals surface area contributed by atoms with Crippen LogP contribution in [0.5, 0.6) is 0 Å². The molecule has 0 aliphatic carbocycles. The number of alkyl halides is 3. The number of aromatic nitrogens is 4. The number of halogens is 3. The van der Waals surface area contributed by atoms with E-state index in [2.05, 4.69) is 20.4 Å². The van der Waals surface area contributed by atoms with E-state index in [1.54, 1.807) is 17.9 Å². The Morgan fingerprint density at radius 1 is 1.27 bits per heavy atom. The Bertz CT molecular complexity index is 910. The minimum atomic E-state index is -4.38. The van der Waals surface area contributed by atoms with Crippen molar-refractivity contribution in [2.45, 2.75) is 70.3 Å². The van der Waals surface area contributed by atoms with Crippen LogP contribution in [0.3, 0.4) is 0 Å². The van der Waals surface area contributed by atoms with E-state index in [0.717, 1.165) is 17.5 Å². The quantitative estimate of drug-likeness (QED) is 0.808. The number of hydrogen-bond donors (Lipinski definition) is 1. The Hall–Kier alpha value is -2.65. The highest BCUT2D eigenvalue weighted by Crippen LogP contribution is 2.42. The van der Waals surface area contributed by atoms with Gasteiger partial charge in [-0.25, -0.2) is 9.67 Å². The highest BCUT2D eigenvalue weighted by Gasteiger charge is 2.46. The second-order valence-corrected chi connectivity index (χ2v) is 7.99. The predicted octanol–water partition coefficient (Wildman–Crippen LogP) is 4.05. The molecule has 4 heterocycles.